The number of rotatable bonds is 0. The van der Waals surface area contributed by atoms with Crippen LogP contribution in [0.3, 0.4) is 0 Å². The van der Waals surface area contributed by atoms with Gasteiger partial charge in [-0.2, -0.15) is 0 Å². The van der Waals surface area contributed by atoms with Gasteiger partial charge in [0.2, 0.25) is 0 Å². The van der Waals surface area contributed by atoms with Crippen molar-refractivity contribution in [2.75, 3.05) is 0 Å². The summed E-state index contributed by atoms with van der Waals surface area (Å²) in [5, 5.41) is 2.73. The zero-order valence-electron chi connectivity index (χ0n) is 21.1. The predicted molar refractivity (Wildman–Crippen MR) is 157 cm³/mol. The molecule has 4 aliphatic carbocycles. The van der Waals surface area contributed by atoms with E-state index in [9.17, 15) is 0 Å². The lowest BCUT2D eigenvalue weighted by atomic mass is 9.94. The molecule has 38 heavy (non-hydrogen) atoms. The van der Waals surface area contributed by atoms with Crippen molar-refractivity contribution in [3.05, 3.63) is 142 Å². The minimum absolute atomic E-state index is 1.06. The summed E-state index contributed by atoms with van der Waals surface area (Å²) in [4.78, 5) is 0. The Kier molecular flexibility index (Phi) is 3.47. The van der Waals surface area contributed by atoms with Gasteiger partial charge in [0.25, 0.3) is 0 Å². The Morgan fingerprint density at radius 2 is 0.816 bits per heavy atom. The van der Waals surface area contributed by atoms with Gasteiger partial charge in [0.15, 0.2) is 0 Å². The number of fused-ring (bicyclic) bond motifs is 17. The quantitative estimate of drug-likeness (QED) is 0.203. The standard InChI is InChI=1S/C38H24/c1-4-8-25-21(5-1)9-10-23-18-33-31(38(23)25)16-15-30-29-14-13-28-27-12-11-26-24-7-3-2-6-22(24)17-32(26)34(27)19-36(28)37(29)20-35(30)33/h1-16H,17-20H2. The van der Waals surface area contributed by atoms with Crippen LogP contribution >= 0.6 is 0 Å². The smallest absolute Gasteiger partial charge is 0.000730 e. The van der Waals surface area contributed by atoms with Gasteiger partial charge in [-0.25, -0.2) is 0 Å². The number of hydrogen-bond donors (Lipinski definition) is 0. The summed E-state index contributed by atoms with van der Waals surface area (Å²) in [6, 6.07) is 36.9. The molecule has 0 amide bonds. The molecule has 0 radical (unpaired) electrons. The Labute approximate surface area is 222 Å². The summed E-state index contributed by atoms with van der Waals surface area (Å²) >= 11 is 0. The van der Waals surface area contributed by atoms with Crippen LogP contribution in [0, 0.1) is 0 Å². The van der Waals surface area contributed by atoms with Crippen LogP contribution in [0.25, 0.3) is 55.3 Å². The lowest BCUT2D eigenvalue weighted by molar-refractivity contribution is 1.11. The molecule has 0 nitrogen and oxygen atoms in total. The highest BCUT2D eigenvalue weighted by molar-refractivity contribution is 6.02. The van der Waals surface area contributed by atoms with E-state index in [1.165, 1.54) is 66.4 Å². The van der Waals surface area contributed by atoms with Gasteiger partial charge >= 0.3 is 0 Å². The van der Waals surface area contributed by atoms with Crippen molar-refractivity contribution >= 4 is 10.8 Å². The molecule has 0 atom stereocenters. The summed E-state index contributed by atoms with van der Waals surface area (Å²) in [6.07, 6.45) is 4.27. The van der Waals surface area contributed by atoms with E-state index >= 15 is 0 Å². The molecule has 6 aromatic rings. The van der Waals surface area contributed by atoms with Crippen molar-refractivity contribution < 1.29 is 0 Å². The van der Waals surface area contributed by atoms with Crippen molar-refractivity contribution in [1.82, 2.24) is 0 Å². The Morgan fingerprint density at radius 1 is 0.316 bits per heavy atom. The van der Waals surface area contributed by atoms with Crippen molar-refractivity contribution in [2.24, 2.45) is 0 Å². The molecule has 4 aliphatic rings. The maximum Gasteiger partial charge on any atom is -0.000730 e. The lowest BCUT2D eigenvalue weighted by Crippen LogP contribution is -1.94. The van der Waals surface area contributed by atoms with Gasteiger partial charge in [-0.1, -0.05) is 97.1 Å². The third-order valence-corrected chi connectivity index (χ3v) is 9.91. The van der Waals surface area contributed by atoms with Gasteiger partial charge in [-0.15, -0.1) is 0 Å². The van der Waals surface area contributed by atoms with Crippen molar-refractivity contribution in [3.8, 4) is 44.5 Å². The molecule has 0 heterocycles. The van der Waals surface area contributed by atoms with E-state index in [1.54, 1.807) is 33.4 Å². The Balaban J connectivity index is 1.11. The van der Waals surface area contributed by atoms with Crippen LogP contribution in [0.4, 0.5) is 0 Å². The van der Waals surface area contributed by atoms with E-state index in [0.717, 1.165) is 25.7 Å². The molecule has 0 saturated heterocycles. The molecule has 6 aromatic carbocycles. The monoisotopic (exact) mass is 480 g/mol. The molecule has 0 spiro atoms. The predicted octanol–water partition coefficient (Wildman–Crippen LogP) is 9.12. The highest BCUT2D eigenvalue weighted by Gasteiger charge is 2.34. The number of benzene rings is 6. The molecule has 0 bridgehead atoms. The van der Waals surface area contributed by atoms with Gasteiger partial charge in [-0.3, -0.25) is 0 Å². The molecule has 10 rings (SSSR count). The van der Waals surface area contributed by atoms with Crippen molar-refractivity contribution in [3.63, 3.8) is 0 Å². The minimum Gasteiger partial charge on any atom is -0.0619 e. The molecule has 0 aliphatic heterocycles. The molecule has 0 heteroatoms. The molecule has 0 aromatic heterocycles. The van der Waals surface area contributed by atoms with Crippen LogP contribution < -0.4 is 0 Å². The van der Waals surface area contributed by atoms with Crippen LogP contribution in [-0.2, 0) is 25.7 Å². The first-order valence-corrected chi connectivity index (χ1v) is 13.9. The van der Waals surface area contributed by atoms with E-state index in [-0.39, 0.29) is 0 Å². The molecule has 0 fully saturated rings. The Morgan fingerprint density at radius 3 is 1.53 bits per heavy atom. The van der Waals surface area contributed by atoms with Gasteiger partial charge in [0, 0.05) is 0 Å². The fraction of sp³-hybridized carbons (Fsp3) is 0.105. The zero-order valence-corrected chi connectivity index (χ0v) is 21.1. The van der Waals surface area contributed by atoms with Gasteiger partial charge in [-0.05, 0) is 125 Å². The summed E-state index contributed by atoms with van der Waals surface area (Å²) in [7, 11) is 0. The van der Waals surface area contributed by atoms with Crippen LogP contribution in [0.2, 0.25) is 0 Å². The molecule has 0 N–H and O–H groups in total. The Bertz CT molecular complexity index is 2070. The lowest BCUT2D eigenvalue weighted by Gasteiger charge is -2.09. The van der Waals surface area contributed by atoms with Crippen LogP contribution in [0.1, 0.15) is 44.5 Å². The van der Waals surface area contributed by atoms with E-state index in [0.29, 0.717) is 0 Å². The third kappa shape index (κ3) is 2.29. The molecule has 0 saturated carbocycles. The minimum atomic E-state index is 1.06. The van der Waals surface area contributed by atoms with E-state index in [4.69, 9.17) is 0 Å². The maximum atomic E-state index is 2.42. The molecule has 0 unspecified atom stereocenters. The van der Waals surface area contributed by atoms with E-state index < -0.39 is 0 Å². The SMILES string of the molecule is c1ccc2c(c1)Cc1c-2ccc2c1Cc1c-2ccc2c1Cc1c-2ccc2c1Cc1ccc3ccccc3c1-2. The highest BCUT2D eigenvalue weighted by atomic mass is 14.4. The first-order valence-electron chi connectivity index (χ1n) is 13.9. The van der Waals surface area contributed by atoms with Crippen LogP contribution in [0.5, 0.6) is 0 Å². The number of hydrogen-bond acceptors (Lipinski definition) is 0. The van der Waals surface area contributed by atoms with E-state index in [1.807, 2.05) is 0 Å². The van der Waals surface area contributed by atoms with E-state index in [2.05, 4.69) is 97.1 Å². The second-order valence-electron chi connectivity index (χ2n) is 11.5. The molecule has 176 valence electrons. The Hall–Kier alpha value is -4.42. The largest absolute Gasteiger partial charge is 0.0619 e. The molecular weight excluding hydrogens is 456 g/mol. The fourth-order valence-corrected chi connectivity index (χ4v) is 8.24. The fourth-order valence-electron chi connectivity index (χ4n) is 8.24. The van der Waals surface area contributed by atoms with Gasteiger partial charge in [0.1, 0.15) is 0 Å². The molecular formula is C38H24. The summed E-state index contributed by atoms with van der Waals surface area (Å²) in [5.41, 5.74) is 24.1. The van der Waals surface area contributed by atoms with Crippen LogP contribution in [-0.4, -0.2) is 0 Å². The van der Waals surface area contributed by atoms with Crippen molar-refractivity contribution in [1.29, 1.82) is 0 Å². The second-order valence-corrected chi connectivity index (χ2v) is 11.5. The highest BCUT2D eigenvalue weighted by Crippen LogP contribution is 2.53. The normalized spacial score (nSPS) is 14.4. The zero-order chi connectivity index (χ0) is 24.5. The maximum absolute atomic E-state index is 2.42. The average molecular weight is 481 g/mol. The third-order valence-electron chi connectivity index (χ3n) is 9.91. The van der Waals surface area contributed by atoms with Crippen LogP contribution in [0.15, 0.2) is 97.1 Å². The summed E-state index contributed by atoms with van der Waals surface area (Å²) in [6.45, 7) is 0. The van der Waals surface area contributed by atoms with Gasteiger partial charge in [0.05, 0.1) is 0 Å². The summed E-state index contributed by atoms with van der Waals surface area (Å²) < 4.78 is 0. The van der Waals surface area contributed by atoms with Gasteiger partial charge < -0.3 is 0 Å². The average Bonchev–Trinajstić information content (AvgIpc) is 3.71. The topological polar surface area (TPSA) is 0 Å². The first-order chi connectivity index (χ1) is 18.8. The summed E-state index contributed by atoms with van der Waals surface area (Å²) in [5.74, 6) is 0. The van der Waals surface area contributed by atoms with Crippen molar-refractivity contribution in [2.45, 2.75) is 25.7 Å². The second kappa shape index (κ2) is 6.71. The first kappa shape index (κ1) is 19.7.